The number of hydrogen-bond acceptors (Lipinski definition) is 4. The fraction of sp³-hybridized carbons (Fsp3) is 0.130. The largest absolute Gasteiger partial charge is 0.495 e. The van der Waals surface area contributed by atoms with Gasteiger partial charge >= 0.3 is 0 Å². The average Bonchev–Trinajstić information content (AvgIpc) is 3.17. The maximum atomic E-state index is 12.6. The monoisotopic (exact) mass is 472 g/mol. The first-order valence-corrected chi connectivity index (χ1v) is 11.2. The third kappa shape index (κ3) is 4.51. The number of methoxy groups -OCH3 is 1. The Bertz CT molecular complexity index is 1140. The van der Waals surface area contributed by atoms with Gasteiger partial charge in [-0.15, -0.1) is 11.8 Å². The van der Waals surface area contributed by atoms with Gasteiger partial charge in [0.05, 0.1) is 28.6 Å². The molecular weight excluding hydrogens is 455 g/mol. The number of thioether (sulfide) groups is 1. The van der Waals surface area contributed by atoms with Crippen molar-refractivity contribution in [2.45, 2.75) is 5.37 Å². The Hall–Kier alpha value is -2.67. The first kappa shape index (κ1) is 21.6. The molecular formula is C23H18Cl2N2O3S. The molecule has 3 aromatic carbocycles. The molecule has 1 N–H and O–H groups in total. The van der Waals surface area contributed by atoms with Crippen molar-refractivity contribution >= 4 is 58.2 Å². The standard InChI is InChI=1S/C23H18Cl2N2O3S/c1-30-20-5-3-2-4-19(20)27-21(28)13-31-23(27)14-6-9-16(10-7-14)26-22(29)15-8-11-17(24)18(25)12-15/h2-12,23H,13H2,1H3,(H,26,29). The lowest BCUT2D eigenvalue weighted by atomic mass is 10.1. The van der Waals surface area contributed by atoms with E-state index in [1.54, 1.807) is 35.9 Å². The number of anilines is 2. The first-order valence-electron chi connectivity index (χ1n) is 9.41. The quantitative estimate of drug-likeness (QED) is 0.492. The lowest BCUT2D eigenvalue weighted by Gasteiger charge is -2.26. The second-order valence-corrected chi connectivity index (χ2v) is 8.69. The van der Waals surface area contributed by atoms with Crippen LogP contribution in [-0.4, -0.2) is 24.7 Å². The number of halogens is 2. The Morgan fingerprint density at radius 2 is 1.81 bits per heavy atom. The number of ether oxygens (including phenoxy) is 1. The predicted octanol–water partition coefficient (Wildman–Crippen LogP) is 6.03. The molecule has 2 amide bonds. The zero-order chi connectivity index (χ0) is 22.0. The fourth-order valence-corrected chi connectivity index (χ4v) is 4.80. The van der Waals surface area contributed by atoms with Gasteiger partial charge in [-0.05, 0) is 48.0 Å². The molecule has 31 heavy (non-hydrogen) atoms. The summed E-state index contributed by atoms with van der Waals surface area (Å²) >= 11 is 13.5. The minimum Gasteiger partial charge on any atom is -0.495 e. The molecule has 0 radical (unpaired) electrons. The highest BCUT2D eigenvalue weighted by Gasteiger charge is 2.35. The van der Waals surface area contributed by atoms with E-state index in [0.717, 1.165) is 11.3 Å². The molecule has 0 bridgehead atoms. The number of amides is 2. The summed E-state index contributed by atoms with van der Waals surface area (Å²) in [6, 6.07) is 19.6. The minimum absolute atomic E-state index is 0.0245. The highest BCUT2D eigenvalue weighted by Crippen LogP contribution is 2.44. The van der Waals surface area contributed by atoms with E-state index in [1.807, 2.05) is 48.5 Å². The van der Waals surface area contributed by atoms with Crippen LogP contribution >= 0.6 is 35.0 Å². The molecule has 8 heteroatoms. The molecule has 4 rings (SSSR count). The van der Waals surface area contributed by atoms with E-state index >= 15 is 0 Å². The van der Waals surface area contributed by atoms with Crippen LogP contribution in [0.2, 0.25) is 10.0 Å². The van der Waals surface area contributed by atoms with Gasteiger partial charge in [0, 0.05) is 11.3 Å². The van der Waals surface area contributed by atoms with Gasteiger partial charge in [0.15, 0.2) is 0 Å². The molecule has 0 aliphatic carbocycles. The van der Waals surface area contributed by atoms with Crippen molar-refractivity contribution in [2.75, 3.05) is 23.1 Å². The lowest BCUT2D eigenvalue weighted by molar-refractivity contribution is -0.115. The van der Waals surface area contributed by atoms with Crippen LogP contribution in [0.15, 0.2) is 66.7 Å². The molecule has 3 aromatic rings. The molecule has 1 fully saturated rings. The smallest absolute Gasteiger partial charge is 0.255 e. The van der Waals surface area contributed by atoms with Gasteiger partial charge in [0.25, 0.3) is 5.91 Å². The SMILES string of the molecule is COc1ccccc1N1C(=O)CSC1c1ccc(NC(=O)c2ccc(Cl)c(Cl)c2)cc1. The van der Waals surface area contributed by atoms with Gasteiger partial charge in [0.1, 0.15) is 11.1 Å². The van der Waals surface area contributed by atoms with Crippen LogP contribution in [0, 0.1) is 0 Å². The number of carbonyl (C=O) groups excluding carboxylic acids is 2. The van der Waals surface area contributed by atoms with Gasteiger partial charge in [-0.1, -0.05) is 47.5 Å². The van der Waals surface area contributed by atoms with E-state index in [4.69, 9.17) is 27.9 Å². The number of nitrogens with zero attached hydrogens (tertiary/aromatic N) is 1. The summed E-state index contributed by atoms with van der Waals surface area (Å²) in [6.45, 7) is 0. The normalized spacial score (nSPS) is 15.8. The summed E-state index contributed by atoms with van der Waals surface area (Å²) in [5.74, 6) is 0.774. The van der Waals surface area contributed by atoms with Crippen molar-refractivity contribution in [3.63, 3.8) is 0 Å². The van der Waals surface area contributed by atoms with Gasteiger partial charge in [0.2, 0.25) is 5.91 Å². The van der Waals surface area contributed by atoms with Crippen molar-refractivity contribution in [3.8, 4) is 5.75 Å². The summed E-state index contributed by atoms with van der Waals surface area (Å²) in [5, 5.41) is 3.38. The van der Waals surface area contributed by atoms with Crippen molar-refractivity contribution in [2.24, 2.45) is 0 Å². The van der Waals surface area contributed by atoms with E-state index in [1.165, 1.54) is 6.07 Å². The van der Waals surface area contributed by atoms with E-state index in [9.17, 15) is 9.59 Å². The molecule has 0 saturated carbocycles. The molecule has 0 aromatic heterocycles. The molecule has 1 saturated heterocycles. The Morgan fingerprint density at radius 3 is 2.52 bits per heavy atom. The number of hydrogen-bond donors (Lipinski definition) is 1. The van der Waals surface area contributed by atoms with Crippen molar-refractivity contribution in [1.29, 1.82) is 0 Å². The van der Waals surface area contributed by atoms with Crippen LogP contribution in [0.25, 0.3) is 0 Å². The van der Waals surface area contributed by atoms with Crippen LogP contribution in [0.3, 0.4) is 0 Å². The van der Waals surface area contributed by atoms with E-state index in [-0.39, 0.29) is 17.2 Å². The summed E-state index contributed by atoms with van der Waals surface area (Å²) in [7, 11) is 1.59. The lowest BCUT2D eigenvalue weighted by Crippen LogP contribution is -2.28. The zero-order valence-electron chi connectivity index (χ0n) is 16.5. The molecule has 5 nitrogen and oxygen atoms in total. The van der Waals surface area contributed by atoms with Gasteiger partial charge in [-0.25, -0.2) is 0 Å². The maximum absolute atomic E-state index is 12.6. The molecule has 1 aliphatic heterocycles. The van der Waals surface area contributed by atoms with Crippen LogP contribution in [0.4, 0.5) is 11.4 Å². The van der Waals surface area contributed by atoms with Crippen LogP contribution < -0.4 is 15.0 Å². The average molecular weight is 473 g/mol. The third-order valence-electron chi connectivity index (χ3n) is 4.85. The molecule has 1 aliphatic rings. The summed E-state index contributed by atoms with van der Waals surface area (Å²) in [5.41, 5.74) is 2.74. The van der Waals surface area contributed by atoms with Crippen LogP contribution in [-0.2, 0) is 4.79 Å². The first-order chi connectivity index (χ1) is 15.0. The maximum Gasteiger partial charge on any atom is 0.255 e. The molecule has 0 spiro atoms. The molecule has 158 valence electrons. The molecule has 1 atom stereocenters. The summed E-state index contributed by atoms with van der Waals surface area (Å²) in [6.07, 6.45) is 0. The number of benzene rings is 3. The van der Waals surface area contributed by atoms with Crippen molar-refractivity contribution in [3.05, 3.63) is 87.9 Å². The highest BCUT2D eigenvalue weighted by atomic mass is 35.5. The highest BCUT2D eigenvalue weighted by molar-refractivity contribution is 8.00. The van der Waals surface area contributed by atoms with E-state index in [2.05, 4.69) is 5.32 Å². The Kier molecular flexibility index (Phi) is 6.41. The number of rotatable bonds is 5. The second kappa shape index (κ2) is 9.22. The van der Waals surface area contributed by atoms with Gasteiger partial charge in [-0.2, -0.15) is 0 Å². The Morgan fingerprint density at radius 1 is 1.06 bits per heavy atom. The van der Waals surface area contributed by atoms with Crippen molar-refractivity contribution in [1.82, 2.24) is 0 Å². The van der Waals surface area contributed by atoms with Crippen LogP contribution in [0.1, 0.15) is 21.3 Å². The van der Waals surface area contributed by atoms with E-state index < -0.39 is 0 Å². The third-order valence-corrected chi connectivity index (χ3v) is 6.80. The summed E-state index contributed by atoms with van der Waals surface area (Å²) in [4.78, 5) is 26.9. The Balaban J connectivity index is 1.53. The second-order valence-electron chi connectivity index (χ2n) is 6.80. The molecule has 1 unspecified atom stereocenters. The summed E-state index contributed by atoms with van der Waals surface area (Å²) < 4.78 is 5.44. The van der Waals surface area contributed by atoms with Gasteiger partial charge < -0.3 is 10.1 Å². The zero-order valence-corrected chi connectivity index (χ0v) is 18.8. The van der Waals surface area contributed by atoms with Crippen LogP contribution in [0.5, 0.6) is 5.75 Å². The Labute approximate surface area is 194 Å². The fourth-order valence-electron chi connectivity index (χ4n) is 3.33. The minimum atomic E-state index is -0.285. The number of nitrogens with one attached hydrogen (secondary N) is 1. The van der Waals surface area contributed by atoms with E-state index in [0.29, 0.717) is 32.8 Å². The van der Waals surface area contributed by atoms with Crippen molar-refractivity contribution < 1.29 is 14.3 Å². The van der Waals surface area contributed by atoms with Gasteiger partial charge in [-0.3, -0.25) is 14.5 Å². The number of para-hydroxylation sites is 2. The predicted molar refractivity (Wildman–Crippen MR) is 127 cm³/mol. The topological polar surface area (TPSA) is 58.6 Å². The number of carbonyl (C=O) groups is 2. The molecule has 1 heterocycles.